The average molecular weight is 451 g/mol. The number of hydrogen-bond donors (Lipinski definition) is 0. The third-order valence-electron chi connectivity index (χ3n) is 7.17. The van der Waals surface area contributed by atoms with E-state index >= 15 is 0 Å². The van der Waals surface area contributed by atoms with E-state index in [0.29, 0.717) is 23.1 Å². The predicted molar refractivity (Wildman–Crippen MR) is 136 cm³/mol. The average Bonchev–Trinajstić information content (AvgIpc) is 2.85. The van der Waals surface area contributed by atoms with Gasteiger partial charge >= 0.3 is 5.97 Å². The highest BCUT2D eigenvalue weighted by Gasteiger charge is 2.21. The molecule has 0 amide bonds. The maximum atomic E-state index is 12.5. The third-order valence-corrected chi connectivity index (χ3v) is 7.17. The van der Waals surface area contributed by atoms with E-state index < -0.39 is 0 Å². The third kappa shape index (κ3) is 8.53. The molecule has 0 aliphatic heterocycles. The first-order valence-electron chi connectivity index (χ1n) is 13.1. The lowest BCUT2D eigenvalue weighted by Crippen LogP contribution is -2.20. The van der Waals surface area contributed by atoms with Crippen LogP contribution in [0.3, 0.4) is 0 Å². The molecule has 1 fully saturated rings. The standard InChI is InChI=1S/C30H42O3/c1-4-6-7-8-24-9-11-26(12-10-24)22-32-28-19-15-27(16-20-28)30(31)33-29-17-13-25(14-18-29)21-23(3)5-2/h13-20,23-24,26H,4-12,21-22H2,1-3H3/t23-,24-,26-/m0/s1. The Morgan fingerprint density at radius 2 is 1.52 bits per heavy atom. The maximum Gasteiger partial charge on any atom is 0.343 e. The van der Waals surface area contributed by atoms with Crippen LogP contribution in [0.1, 0.15) is 94.5 Å². The van der Waals surface area contributed by atoms with Crippen molar-refractivity contribution in [2.45, 2.75) is 85.0 Å². The Bertz CT molecular complexity index is 817. The van der Waals surface area contributed by atoms with Crippen molar-refractivity contribution in [3.63, 3.8) is 0 Å². The Hall–Kier alpha value is -2.29. The molecular weight excluding hydrogens is 408 g/mol. The molecule has 0 radical (unpaired) electrons. The smallest absolute Gasteiger partial charge is 0.343 e. The number of carbonyl (C=O) groups is 1. The topological polar surface area (TPSA) is 35.5 Å². The summed E-state index contributed by atoms with van der Waals surface area (Å²) >= 11 is 0. The summed E-state index contributed by atoms with van der Waals surface area (Å²) in [6.07, 6.45) is 12.9. The predicted octanol–water partition coefficient (Wildman–Crippen LogP) is 8.26. The molecule has 0 spiro atoms. The zero-order valence-electron chi connectivity index (χ0n) is 20.9. The van der Waals surface area contributed by atoms with Gasteiger partial charge in [0, 0.05) is 0 Å². The number of esters is 1. The zero-order chi connectivity index (χ0) is 23.5. The molecule has 33 heavy (non-hydrogen) atoms. The van der Waals surface area contributed by atoms with Crippen LogP contribution in [0.15, 0.2) is 48.5 Å². The quantitative estimate of drug-likeness (QED) is 0.185. The normalized spacial score (nSPS) is 19.1. The van der Waals surface area contributed by atoms with Crippen LogP contribution in [0.25, 0.3) is 0 Å². The maximum absolute atomic E-state index is 12.5. The van der Waals surface area contributed by atoms with Gasteiger partial charge in [0.25, 0.3) is 0 Å². The molecule has 1 aliphatic rings. The Morgan fingerprint density at radius 1 is 0.879 bits per heavy atom. The fourth-order valence-electron chi connectivity index (χ4n) is 4.68. The minimum Gasteiger partial charge on any atom is -0.493 e. The molecule has 2 aromatic rings. The van der Waals surface area contributed by atoms with Gasteiger partial charge in [-0.3, -0.25) is 0 Å². The van der Waals surface area contributed by atoms with Gasteiger partial charge in [0.05, 0.1) is 12.2 Å². The van der Waals surface area contributed by atoms with Crippen molar-refractivity contribution >= 4 is 5.97 Å². The lowest BCUT2D eigenvalue weighted by Gasteiger charge is -2.28. The van der Waals surface area contributed by atoms with E-state index in [1.54, 1.807) is 12.1 Å². The van der Waals surface area contributed by atoms with Gasteiger partial charge in [0.1, 0.15) is 11.5 Å². The molecule has 0 unspecified atom stereocenters. The van der Waals surface area contributed by atoms with Crippen LogP contribution in [-0.2, 0) is 6.42 Å². The molecule has 3 heteroatoms. The summed E-state index contributed by atoms with van der Waals surface area (Å²) in [6.45, 7) is 7.50. The highest BCUT2D eigenvalue weighted by atomic mass is 16.5. The zero-order valence-corrected chi connectivity index (χ0v) is 20.9. The van der Waals surface area contributed by atoms with Crippen LogP contribution in [0.5, 0.6) is 11.5 Å². The van der Waals surface area contributed by atoms with Crippen molar-refractivity contribution in [1.29, 1.82) is 0 Å². The molecule has 1 atom stereocenters. The SMILES string of the molecule is CCCCC[C@H]1CC[C@H](COc2ccc(C(=O)Oc3ccc(C[C@@H](C)CC)cc3)cc2)CC1. The van der Waals surface area contributed by atoms with E-state index in [0.717, 1.165) is 31.1 Å². The van der Waals surface area contributed by atoms with Crippen LogP contribution in [-0.4, -0.2) is 12.6 Å². The van der Waals surface area contributed by atoms with E-state index in [9.17, 15) is 4.79 Å². The summed E-state index contributed by atoms with van der Waals surface area (Å²) in [7, 11) is 0. The molecule has 3 rings (SSSR count). The van der Waals surface area contributed by atoms with E-state index in [-0.39, 0.29) is 5.97 Å². The van der Waals surface area contributed by atoms with E-state index in [2.05, 4.69) is 20.8 Å². The number of unbranched alkanes of at least 4 members (excludes halogenated alkanes) is 2. The monoisotopic (exact) mass is 450 g/mol. The second kappa shape index (κ2) is 13.4. The molecule has 0 saturated heterocycles. The molecule has 3 nitrogen and oxygen atoms in total. The molecule has 0 N–H and O–H groups in total. The minimum absolute atomic E-state index is 0.336. The molecule has 0 heterocycles. The Balaban J connectivity index is 1.40. The summed E-state index contributed by atoms with van der Waals surface area (Å²) < 4.78 is 11.6. The molecule has 1 saturated carbocycles. The number of rotatable bonds is 12. The fourth-order valence-corrected chi connectivity index (χ4v) is 4.68. The van der Waals surface area contributed by atoms with Crippen molar-refractivity contribution in [1.82, 2.24) is 0 Å². The second-order valence-electron chi connectivity index (χ2n) is 9.97. The van der Waals surface area contributed by atoms with Crippen molar-refractivity contribution in [3.05, 3.63) is 59.7 Å². The van der Waals surface area contributed by atoms with Crippen molar-refractivity contribution in [2.75, 3.05) is 6.61 Å². The minimum atomic E-state index is -0.336. The van der Waals surface area contributed by atoms with Crippen LogP contribution >= 0.6 is 0 Å². The van der Waals surface area contributed by atoms with E-state index in [4.69, 9.17) is 9.47 Å². The van der Waals surface area contributed by atoms with Gasteiger partial charge in [0.15, 0.2) is 0 Å². The number of hydrogen-bond acceptors (Lipinski definition) is 3. The molecule has 2 aromatic carbocycles. The fraction of sp³-hybridized carbons (Fsp3) is 0.567. The summed E-state index contributed by atoms with van der Waals surface area (Å²) in [5.41, 5.74) is 1.81. The molecule has 180 valence electrons. The largest absolute Gasteiger partial charge is 0.493 e. The van der Waals surface area contributed by atoms with Crippen LogP contribution < -0.4 is 9.47 Å². The van der Waals surface area contributed by atoms with Crippen LogP contribution in [0.4, 0.5) is 0 Å². The van der Waals surface area contributed by atoms with Gasteiger partial charge in [-0.15, -0.1) is 0 Å². The highest BCUT2D eigenvalue weighted by molar-refractivity contribution is 5.91. The summed E-state index contributed by atoms with van der Waals surface area (Å²) in [5, 5.41) is 0. The van der Waals surface area contributed by atoms with Crippen molar-refractivity contribution in [3.8, 4) is 11.5 Å². The number of ether oxygens (including phenoxy) is 2. The van der Waals surface area contributed by atoms with Gasteiger partial charge in [-0.2, -0.15) is 0 Å². The second-order valence-corrected chi connectivity index (χ2v) is 9.97. The highest BCUT2D eigenvalue weighted by Crippen LogP contribution is 2.32. The molecule has 1 aliphatic carbocycles. The van der Waals surface area contributed by atoms with E-state index in [1.165, 1.54) is 56.9 Å². The summed E-state index contributed by atoms with van der Waals surface area (Å²) in [6, 6.07) is 15.2. The van der Waals surface area contributed by atoms with Gasteiger partial charge in [-0.05, 0) is 79.0 Å². The van der Waals surface area contributed by atoms with Gasteiger partial charge in [-0.25, -0.2) is 4.79 Å². The number of benzene rings is 2. The Kier molecular flexibility index (Phi) is 10.3. The van der Waals surface area contributed by atoms with Crippen LogP contribution in [0.2, 0.25) is 0 Å². The van der Waals surface area contributed by atoms with Gasteiger partial charge < -0.3 is 9.47 Å². The summed E-state index contributed by atoms with van der Waals surface area (Å²) in [4.78, 5) is 12.5. The van der Waals surface area contributed by atoms with Gasteiger partial charge in [-0.1, -0.05) is 77.8 Å². The lowest BCUT2D eigenvalue weighted by atomic mass is 9.80. The first-order chi connectivity index (χ1) is 16.1. The Labute approximate surface area is 200 Å². The molecular formula is C30H42O3. The van der Waals surface area contributed by atoms with E-state index in [1.807, 2.05) is 36.4 Å². The van der Waals surface area contributed by atoms with Crippen LogP contribution in [0, 0.1) is 17.8 Å². The van der Waals surface area contributed by atoms with Crippen molar-refractivity contribution in [2.24, 2.45) is 17.8 Å². The summed E-state index contributed by atoms with van der Waals surface area (Å²) in [5.74, 6) is 3.31. The Morgan fingerprint density at radius 3 is 2.15 bits per heavy atom. The number of carbonyl (C=O) groups excluding carboxylic acids is 1. The lowest BCUT2D eigenvalue weighted by molar-refractivity contribution is 0.0734. The molecule has 0 aromatic heterocycles. The first-order valence-corrected chi connectivity index (χ1v) is 13.1. The molecule has 0 bridgehead atoms. The van der Waals surface area contributed by atoms with Crippen molar-refractivity contribution < 1.29 is 14.3 Å². The first kappa shape index (κ1) is 25.3. The van der Waals surface area contributed by atoms with Gasteiger partial charge in [0.2, 0.25) is 0 Å².